The quantitative estimate of drug-likeness (QED) is 0.265. The van der Waals surface area contributed by atoms with Gasteiger partial charge in [-0.15, -0.1) is 24.0 Å². The monoisotopic (exact) mass is 494 g/mol. The van der Waals surface area contributed by atoms with Crippen LogP contribution in [0.15, 0.2) is 23.2 Å². The van der Waals surface area contributed by atoms with Gasteiger partial charge in [0.15, 0.2) is 17.5 Å². The van der Waals surface area contributed by atoms with Gasteiger partial charge in [-0.25, -0.2) is 4.39 Å². The van der Waals surface area contributed by atoms with Crippen LogP contribution < -0.4 is 15.4 Å². The summed E-state index contributed by atoms with van der Waals surface area (Å²) in [7, 11) is 3.33. The molecule has 1 aromatic rings. The minimum atomic E-state index is -0.413. The van der Waals surface area contributed by atoms with Crippen molar-refractivity contribution in [2.24, 2.45) is 10.4 Å². The van der Waals surface area contributed by atoms with Crippen molar-refractivity contribution in [3.05, 3.63) is 29.6 Å². The average molecular weight is 494 g/mol. The second-order valence-corrected chi connectivity index (χ2v) is 7.07. The molecule has 27 heavy (non-hydrogen) atoms. The molecule has 0 spiro atoms. The number of aliphatic imine (C=N–C) groups is 1. The molecule has 0 aliphatic rings. The number of nitrogens with one attached hydrogen (secondary N) is 2. The molecular formula is C19H32FIN4O2. The predicted octanol–water partition coefficient (Wildman–Crippen LogP) is 3.01. The van der Waals surface area contributed by atoms with Gasteiger partial charge in [-0.3, -0.25) is 9.79 Å². The van der Waals surface area contributed by atoms with Crippen molar-refractivity contribution in [3.8, 4) is 5.75 Å². The first-order valence-electron chi connectivity index (χ1n) is 8.79. The van der Waals surface area contributed by atoms with Crippen LogP contribution >= 0.6 is 24.0 Å². The molecule has 154 valence electrons. The standard InChI is InChI=1S/C19H31FN4O2.HI/c1-7-21-18(23-11-10-22-17(25)19(2,3)4)24(5)13-14-8-9-16(26-6)15(20)12-14;/h8-9,12H,7,10-11,13H2,1-6H3,(H,21,23)(H,22,25);1H. The first-order chi connectivity index (χ1) is 12.2. The summed E-state index contributed by atoms with van der Waals surface area (Å²) >= 11 is 0. The normalized spacial score (nSPS) is 11.4. The van der Waals surface area contributed by atoms with E-state index in [2.05, 4.69) is 15.6 Å². The molecule has 0 atom stereocenters. The van der Waals surface area contributed by atoms with Crippen LogP contribution in [0, 0.1) is 11.2 Å². The number of benzene rings is 1. The molecule has 1 amide bonds. The third-order valence-corrected chi connectivity index (χ3v) is 3.67. The minimum absolute atomic E-state index is 0. The summed E-state index contributed by atoms with van der Waals surface area (Å²) in [6, 6.07) is 4.90. The lowest BCUT2D eigenvalue weighted by Crippen LogP contribution is -2.40. The van der Waals surface area contributed by atoms with Gasteiger partial charge < -0.3 is 20.3 Å². The van der Waals surface area contributed by atoms with Crippen LogP contribution in [0.25, 0.3) is 0 Å². The van der Waals surface area contributed by atoms with Crippen molar-refractivity contribution in [2.45, 2.75) is 34.2 Å². The molecule has 0 saturated carbocycles. The number of hydrogen-bond acceptors (Lipinski definition) is 3. The average Bonchev–Trinajstić information content (AvgIpc) is 2.56. The highest BCUT2D eigenvalue weighted by atomic mass is 127. The SMILES string of the molecule is CCNC(=NCCNC(=O)C(C)(C)C)N(C)Cc1ccc(OC)c(F)c1.I. The molecule has 0 aliphatic carbocycles. The molecule has 2 N–H and O–H groups in total. The topological polar surface area (TPSA) is 66.0 Å². The molecule has 0 fully saturated rings. The molecule has 0 aromatic heterocycles. The smallest absolute Gasteiger partial charge is 0.225 e. The fourth-order valence-corrected chi connectivity index (χ4v) is 2.22. The van der Waals surface area contributed by atoms with E-state index in [9.17, 15) is 9.18 Å². The number of methoxy groups -OCH3 is 1. The third-order valence-electron chi connectivity index (χ3n) is 3.67. The van der Waals surface area contributed by atoms with Crippen LogP contribution in [0.1, 0.15) is 33.3 Å². The molecule has 0 unspecified atom stereocenters. The van der Waals surface area contributed by atoms with Crippen LogP contribution in [0.5, 0.6) is 5.75 Å². The Morgan fingerprint density at radius 3 is 2.48 bits per heavy atom. The Kier molecular flexibility index (Phi) is 11.3. The zero-order valence-corrected chi connectivity index (χ0v) is 19.4. The zero-order chi connectivity index (χ0) is 19.7. The van der Waals surface area contributed by atoms with E-state index in [0.29, 0.717) is 32.1 Å². The van der Waals surface area contributed by atoms with Crippen LogP contribution in [0.2, 0.25) is 0 Å². The molecule has 6 nitrogen and oxygen atoms in total. The van der Waals surface area contributed by atoms with Gasteiger partial charge in [-0.05, 0) is 24.6 Å². The number of rotatable bonds is 7. The van der Waals surface area contributed by atoms with Gasteiger partial charge in [0.05, 0.1) is 13.7 Å². The summed E-state index contributed by atoms with van der Waals surface area (Å²) in [5, 5.41) is 6.08. The molecular weight excluding hydrogens is 462 g/mol. The summed E-state index contributed by atoms with van der Waals surface area (Å²) in [6.07, 6.45) is 0. The van der Waals surface area contributed by atoms with Crippen molar-refractivity contribution < 1.29 is 13.9 Å². The van der Waals surface area contributed by atoms with Gasteiger partial charge >= 0.3 is 0 Å². The van der Waals surface area contributed by atoms with E-state index < -0.39 is 5.41 Å². The van der Waals surface area contributed by atoms with Crippen LogP contribution in [-0.4, -0.2) is 50.6 Å². The van der Waals surface area contributed by atoms with Gasteiger partial charge in [-0.1, -0.05) is 26.8 Å². The maximum Gasteiger partial charge on any atom is 0.225 e. The van der Waals surface area contributed by atoms with E-state index >= 15 is 0 Å². The van der Waals surface area contributed by atoms with E-state index in [-0.39, 0.29) is 41.5 Å². The fraction of sp³-hybridized carbons (Fsp3) is 0.579. The highest BCUT2D eigenvalue weighted by molar-refractivity contribution is 14.0. The Balaban J connectivity index is 0.00000676. The Morgan fingerprint density at radius 1 is 1.30 bits per heavy atom. The van der Waals surface area contributed by atoms with Crippen LogP contribution in [0.4, 0.5) is 4.39 Å². The van der Waals surface area contributed by atoms with Gasteiger partial charge in [0.2, 0.25) is 5.91 Å². The maximum atomic E-state index is 13.8. The van der Waals surface area contributed by atoms with Gasteiger partial charge in [0, 0.05) is 32.1 Å². The van der Waals surface area contributed by atoms with E-state index in [1.165, 1.54) is 13.2 Å². The van der Waals surface area contributed by atoms with Crippen molar-refractivity contribution in [1.29, 1.82) is 0 Å². The van der Waals surface area contributed by atoms with Crippen molar-refractivity contribution in [3.63, 3.8) is 0 Å². The largest absolute Gasteiger partial charge is 0.494 e. The molecule has 0 bridgehead atoms. The van der Waals surface area contributed by atoms with Gasteiger partial charge in [-0.2, -0.15) is 0 Å². The summed E-state index contributed by atoms with van der Waals surface area (Å²) in [5.41, 5.74) is 0.404. The Bertz CT molecular complexity index is 633. The van der Waals surface area contributed by atoms with Gasteiger partial charge in [0.25, 0.3) is 0 Å². The first kappa shape index (κ1) is 25.4. The van der Waals surface area contributed by atoms with Crippen molar-refractivity contribution in [1.82, 2.24) is 15.5 Å². The van der Waals surface area contributed by atoms with Crippen molar-refractivity contribution in [2.75, 3.05) is 33.8 Å². The number of ether oxygens (including phenoxy) is 1. The Labute approximate surface area is 179 Å². The van der Waals surface area contributed by atoms with E-state index in [4.69, 9.17) is 4.74 Å². The number of hydrogen-bond donors (Lipinski definition) is 2. The van der Waals surface area contributed by atoms with Crippen LogP contribution in [0.3, 0.4) is 0 Å². The minimum Gasteiger partial charge on any atom is -0.494 e. The van der Waals surface area contributed by atoms with Gasteiger partial charge in [0.1, 0.15) is 0 Å². The number of nitrogens with zero attached hydrogens (tertiary/aromatic N) is 2. The van der Waals surface area contributed by atoms with Crippen molar-refractivity contribution >= 4 is 35.8 Å². The molecule has 8 heteroatoms. The number of guanidine groups is 1. The zero-order valence-electron chi connectivity index (χ0n) is 17.1. The summed E-state index contributed by atoms with van der Waals surface area (Å²) in [5.74, 6) is 0.547. The third kappa shape index (κ3) is 8.77. The molecule has 0 heterocycles. The number of carbonyl (C=O) groups is 1. The van der Waals surface area contributed by atoms with E-state index in [1.807, 2.05) is 45.7 Å². The second kappa shape index (κ2) is 12.0. The highest BCUT2D eigenvalue weighted by Crippen LogP contribution is 2.18. The summed E-state index contributed by atoms with van der Waals surface area (Å²) in [4.78, 5) is 18.3. The lowest BCUT2D eigenvalue weighted by atomic mass is 9.96. The number of carbonyl (C=O) groups excluding carboxylic acids is 1. The van der Waals surface area contributed by atoms with Crippen LogP contribution in [-0.2, 0) is 11.3 Å². The molecule has 1 rings (SSSR count). The fourth-order valence-electron chi connectivity index (χ4n) is 2.22. The molecule has 0 saturated heterocycles. The maximum absolute atomic E-state index is 13.8. The molecule has 0 radical (unpaired) electrons. The number of amides is 1. The highest BCUT2D eigenvalue weighted by Gasteiger charge is 2.20. The lowest BCUT2D eigenvalue weighted by molar-refractivity contribution is -0.128. The Hall–Kier alpha value is -1.58. The number of halogens is 2. The summed E-state index contributed by atoms with van der Waals surface area (Å²) < 4.78 is 18.8. The second-order valence-electron chi connectivity index (χ2n) is 7.07. The van der Waals surface area contributed by atoms with E-state index in [1.54, 1.807) is 6.07 Å². The first-order valence-corrected chi connectivity index (χ1v) is 8.79. The predicted molar refractivity (Wildman–Crippen MR) is 118 cm³/mol. The van der Waals surface area contributed by atoms with E-state index in [0.717, 1.165) is 5.56 Å². The molecule has 1 aromatic carbocycles. The Morgan fingerprint density at radius 2 is 1.96 bits per heavy atom. The lowest BCUT2D eigenvalue weighted by Gasteiger charge is -2.22. The summed E-state index contributed by atoms with van der Waals surface area (Å²) in [6.45, 7) is 9.75. The molecule has 0 aliphatic heterocycles.